The topological polar surface area (TPSA) is 66.8 Å². The van der Waals surface area contributed by atoms with E-state index in [1.54, 1.807) is 13.0 Å². The molecule has 21 heavy (non-hydrogen) atoms. The van der Waals surface area contributed by atoms with Crippen LogP contribution in [-0.4, -0.2) is 40.6 Å². The van der Waals surface area contributed by atoms with Crippen LogP contribution in [0.2, 0.25) is 0 Å². The maximum Gasteiger partial charge on any atom is 0.329 e. The number of hydrogen-bond acceptors (Lipinski definition) is 3. The number of rotatable bonds is 7. The third-order valence-corrected chi connectivity index (χ3v) is 3.69. The van der Waals surface area contributed by atoms with Crippen LogP contribution in [0.15, 0.2) is 28.7 Å². The van der Waals surface area contributed by atoms with Gasteiger partial charge in [-0.1, -0.05) is 22.0 Å². The molecule has 5 nitrogen and oxygen atoms in total. The molecule has 0 bridgehead atoms. The van der Waals surface area contributed by atoms with Crippen LogP contribution in [0, 0.1) is 0 Å². The van der Waals surface area contributed by atoms with Crippen LogP contribution in [-0.2, 0) is 9.59 Å². The van der Waals surface area contributed by atoms with Gasteiger partial charge in [0.1, 0.15) is 11.3 Å². The number of likely N-dealkylation sites (N-methyl/N-ethyl adjacent to an activating group) is 1. The maximum atomic E-state index is 12.2. The molecular weight excluding hydrogens is 338 g/mol. The van der Waals surface area contributed by atoms with Crippen molar-refractivity contribution in [3.05, 3.63) is 28.7 Å². The van der Waals surface area contributed by atoms with Crippen molar-refractivity contribution in [1.29, 1.82) is 0 Å². The lowest BCUT2D eigenvalue weighted by molar-refractivity contribution is -0.156. The molecule has 0 aromatic heterocycles. The van der Waals surface area contributed by atoms with E-state index < -0.39 is 11.5 Å². The van der Waals surface area contributed by atoms with Gasteiger partial charge in [0, 0.05) is 11.0 Å². The van der Waals surface area contributed by atoms with Gasteiger partial charge in [-0.2, -0.15) is 0 Å². The van der Waals surface area contributed by atoms with Crippen LogP contribution in [0.1, 0.15) is 27.2 Å². The highest BCUT2D eigenvalue weighted by atomic mass is 79.9. The number of carboxylic acid groups (broad SMARTS) is 1. The molecular formula is C15H20BrNO4. The van der Waals surface area contributed by atoms with Gasteiger partial charge in [-0.3, -0.25) is 4.79 Å². The molecule has 1 amide bonds. The van der Waals surface area contributed by atoms with Gasteiger partial charge in [-0.25, -0.2) is 4.79 Å². The van der Waals surface area contributed by atoms with Gasteiger partial charge in [0.25, 0.3) is 0 Å². The predicted molar refractivity (Wildman–Crippen MR) is 83.4 cm³/mol. The zero-order chi connectivity index (χ0) is 16.0. The molecule has 0 spiro atoms. The van der Waals surface area contributed by atoms with Crippen molar-refractivity contribution < 1.29 is 19.4 Å². The first-order valence-electron chi connectivity index (χ1n) is 6.71. The number of nitrogens with zero attached hydrogens (tertiary/aromatic N) is 1. The number of amides is 1. The zero-order valence-electron chi connectivity index (χ0n) is 12.4. The van der Waals surface area contributed by atoms with Crippen molar-refractivity contribution in [1.82, 2.24) is 4.90 Å². The van der Waals surface area contributed by atoms with Crippen molar-refractivity contribution in [2.45, 2.75) is 32.7 Å². The highest BCUT2D eigenvalue weighted by Crippen LogP contribution is 2.19. The van der Waals surface area contributed by atoms with E-state index in [4.69, 9.17) is 4.74 Å². The highest BCUT2D eigenvalue weighted by molar-refractivity contribution is 9.10. The van der Waals surface area contributed by atoms with Gasteiger partial charge in [0.15, 0.2) is 0 Å². The van der Waals surface area contributed by atoms with Gasteiger partial charge >= 0.3 is 5.97 Å². The lowest BCUT2D eigenvalue weighted by atomic mass is 10.0. The van der Waals surface area contributed by atoms with Gasteiger partial charge in [0.2, 0.25) is 5.91 Å². The Morgan fingerprint density at radius 2 is 2.05 bits per heavy atom. The Morgan fingerprint density at radius 1 is 1.38 bits per heavy atom. The monoisotopic (exact) mass is 357 g/mol. The summed E-state index contributed by atoms with van der Waals surface area (Å²) in [6.07, 6.45) is 0.136. The van der Waals surface area contributed by atoms with Crippen LogP contribution in [0.4, 0.5) is 0 Å². The molecule has 0 atom stereocenters. The minimum Gasteiger partial charge on any atom is -0.493 e. The molecule has 116 valence electrons. The largest absolute Gasteiger partial charge is 0.493 e. The van der Waals surface area contributed by atoms with Crippen molar-refractivity contribution >= 4 is 27.8 Å². The number of carboxylic acids is 1. The summed E-state index contributed by atoms with van der Waals surface area (Å²) in [6, 6.07) is 7.33. The van der Waals surface area contributed by atoms with Crippen molar-refractivity contribution in [2.75, 3.05) is 13.2 Å². The quantitative estimate of drug-likeness (QED) is 0.814. The molecule has 0 unspecified atom stereocenters. The number of carbonyl (C=O) groups excluding carboxylic acids is 1. The SMILES string of the molecule is CCN(C(=O)CCOc1cccc(Br)c1)C(C)(C)C(=O)O. The van der Waals surface area contributed by atoms with Crippen molar-refractivity contribution in [3.63, 3.8) is 0 Å². The van der Waals surface area contributed by atoms with E-state index in [0.717, 1.165) is 4.47 Å². The second kappa shape index (κ2) is 7.45. The van der Waals surface area contributed by atoms with E-state index in [0.29, 0.717) is 12.3 Å². The summed E-state index contributed by atoms with van der Waals surface area (Å²) in [5.41, 5.74) is -1.22. The Hall–Kier alpha value is -1.56. The van der Waals surface area contributed by atoms with E-state index in [-0.39, 0.29) is 18.9 Å². The molecule has 1 aromatic carbocycles. The number of aliphatic carboxylic acids is 1. The summed E-state index contributed by atoms with van der Waals surface area (Å²) in [4.78, 5) is 24.7. The Balaban J connectivity index is 2.58. The fourth-order valence-electron chi connectivity index (χ4n) is 1.95. The molecule has 6 heteroatoms. The van der Waals surface area contributed by atoms with E-state index in [9.17, 15) is 14.7 Å². The van der Waals surface area contributed by atoms with Gasteiger partial charge in [-0.15, -0.1) is 0 Å². The fraction of sp³-hybridized carbons (Fsp3) is 0.467. The molecule has 1 N–H and O–H groups in total. The lowest BCUT2D eigenvalue weighted by Gasteiger charge is -2.34. The normalized spacial score (nSPS) is 11.0. The molecule has 0 aliphatic rings. The Kier molecular flexibility index (Phi) is 6.20. The maximum absolute atomic E-state index is 12.2. The van der Waals surface area contributed by atoms with Gasteiger partial charge in [0.05, 0.1) is 13.0 Å². The van der Waals surface area contributed by atoms with Crippen LogP contribution in [0.5, 0.6) is 5.75 Å². The lowest BCUT2D eigenvalue weighted by Crippen LogP contribution is -2.53. The van der Waals surface area contributed by atoms with Crippen LogP contribution in [0.3, 0.4) is 0 Å². The standard InChI is InChI=1S/C15H20BrNO4/c1-4-17(15(2,3)14(19)20)13(18)8-9-21-12-7-5-6-11(16)10-12/h5-7,10H,4,8-9H2,1-3H3,(H,19,20). The average Bonchev–Trinajstić information content (AvgIpc) is 2.39. The number of carbonyl (C=O) groups is 2. The summed E-state index contributed by atoms with van der Waals surface area (Å²) in [5, 5.41) is 9.20. The first-order chi connectivity index (χ1) is 9.78. The van der Waals surface area contributed by atoms with E-state index >= 15 is 0 Å². The summed E-state index contributed by atoms with van der Waals surface area (Å²) in [5.74, 6) is -0.594. The summed E-state index contributed by atoms with van der Waals surface area (Å²) in [7, 11) is 0. The third-order valence-electron chi connectivity index (χ3n) is 3.20. The first kappa shape index (κ1) is 17.5. The van der Waals surface area contributed by atoms with E-state index in [1.165, 1.54) is 18.7 Å². The molecule has 1 rings (SSSR count). The average molecular weight is 358 g/mol. The van der Waals surface area contributed by atoms with Gasteiger partial charge in [-0.05, 0) is 39.0 Å². The minimum atomic E-state index is -1.22. The summed E-state index contributed by atoms with van der Waals surface area (Å²) < 4.78 is 6.40. The van der Waals surface area contributed by atoms with Crippen molar-refractivity contribution in [2.24, 2.45) is 0 Å². The smallest absolute Gasteiger partial charge is 0.329 e. The molecule has 0 aliphatic carbocycles. The molecule has 0 radical (unpaired) electrons. The minimum absolute atomic E-state index is 0.136. The molecule has 0 heterocycles. The number of benzene rings is 1. The van der Waals surface area contributed by atoms with Crippen molar-refractivity contribution in [3.8, 4) is 5.75 Å². The van der Waals surface area contributed by atoms with Crippen LogP contribution in [0.25, 0.3) is 0 Å². The van der Waals surface area contributed by atoms with E-state index in [1.807, 2.05) is 18.2 Å². The molecule has 1 aromatic rings. The predicted octanol–water partition coefficient (Wildman–Crippen LogP) is 2.93. The number of halogens is 1. The molecule has 0 saturated carbocycles. The number of hydrogen-bond donors (Lipinski definition) is 1. The Morgan fingerprint density at radius 3 is 2.57 bits per heavy atom. The molecule has 0 saturated heterocycles. The molecule has 0 aliphatic heterocycles. The van der Waals surface area contributed by atoms with E-state index in [2.05, 4.69) is 15.9 Å². The van der Waals surface area contributed by atoms with Gasteiger partial charge < -0.3 is 14.7 Å². The Bertz CT molecular complexity index is 516. The second-order valence-electron chi connectivity index (χ2n) is 5.06. The van der Waals surface area contributed by atoms with Crippen LogP contribution < -0.4 is 4.74 Å². The number of ether oxygens (including phenoxy) is 1. The molecule has 0 fully saturated rings. The first-order valence-corrected chi connectivity index (χ1v) is 7.50. The fourth-order valence-corrected chi connectivity index (χ4v) is 2.33. The highest BCUT2D eigenvalue weighted by Gasteiger charge is 2.36. The Labute approximate surface area is 133 Å². The van der Waals surface area contributed by atoms with Crippen LogP contribution >= 0.6 is 15.9 Å². The second-order valence-corrected chi connectivity index (χ2v) is 5.97. The zero-order valence-corrected chi connectivity index (χ0v) is 14.0. The third kappa shape index (κ3) is 4.74. The summed E-state index contributed by atoms with van der Waals surface area (Å²) in [6.45, 7) is 5.35. The summed E-state index contributed by atoms with van der Waals surface area (Å²) >= 11 is 3.34.